The van der Waals surface area contributed by atoms with Crippen LogP contribution in [0.15, 0.2) is 0 Å². The van der Waals surface area contributed by atoms with Gasteiger partial charge in [0.05, 0.1) is 12.2 Å². The number of alkyl carbamates (subject to hydrolysis) is 1. The molecule has 0 aromatic heterocycles. The van der Waals surface area contributed by atoms with E-state index in [0.717, 1.165) is 25.7 Å². The van der Waals surface area contributed by atoms with Crippen molar-refractivity contribution in [1.82, 2.24) is 5.32 Å². The fraction of sp³-hybridized carbons (Fsp3) is 0.905. The van der Waals surface area contributed by atoms with Crippen molar-refractivity contribution in [3.63, 3.8) is 0 Å². The Hall–Kier alpha value is -1.30. The van der Waals surface area contributed by atoms with Crippen LogP contribution in [0.4, 0.5) is 4.79 Å². The third kappa shape index (κ3) is 8.50. The second-order valence-electron chi connectivity index (χ2n) is 8.59. The fourth-order valence-corrected chi connectivity index (χ4v) is 3.50. The predicted molar refractivity (Wildman–Crippen MR) is 106 cm³/mol. The van der Waals surface area contributed by atoms with Crippen molar-refractivity contribution in [2.45, 2.75) is 117 Å². The molecule has 0 saturated heterocycles. The van der Waals surface area contributed by atoms with E-state index < -0.39 is 23.7 Å². The topological polar surface area (TPSA) is 73.9 Å². The van der Waals surface area contributed by atoms with Crippen LogP contribution in [-0.4, -0.2) is 42.0 Å². The Morgan fingerprint density at radius 2 is 1.63 bits per heavy atom. The maximum absolute atomic E-state index is 12.4. The molecular weight excluding hydrogens is 346 g/mol. The third-order valence-electron chi connectivity index (χ3n) is 5.02. The smallest absolute Gasteiger partial charge is 0.408 e. The highest BCUT2D eigenvalue weighted by Crippen LogP contribution is 2.28. The van der Waals surface area contributed by atoms with Crippen molar-refractivity contribution in [1.29, 1.82) is 0 Å². The van der Waals surface area contributed by atoms with Gasteiger partial charge in [0.25, 0.3) is 0 Å². The van der Waals surface area contributed by atoms with Gasteiger partial charge in [0.2, 0.25) is 0 Å². The van der Waals surface area contributed by atoms with E-state index in [1.165, 1.54) is 12.8 Å². The Labute approximate surface area is 164 Å². The van der Waals surface area contributed by atoms with Crippen LogP contribution in [0.3, 0.4) is 0 Å². The normalized spacial score (nSPS) is 18.8. The van der Waals surface area contributed by atoms with Gasteiger partial charge in [0.1, 0.15) is 17.7 Å². The lowest BCUT2D eigenvalue weighted by molar-refractivity contribution is -0.166. The SMILES string of the molecule is CCC(CC)[C@@H](OC1CCCC1)[C@H](C)OC(=O)[C@H](C)NC(=O)OC(C)(C)C. The van der Waals surface area contributed by atoms with Crippen molar-refractivity contribution < 1.29 is 23.8 Å². The molecule has 3 atom stereocenters. The van der Waals surface area contributed by atoms with Crippen molar-refractivity contribution >= 4 is 12.1 Å². The molecule has 0 aromatic carbocycles. The summed E-state index contributed by atoms with van der Waals surface area (Å²) in [7, 11) is 0. The molecule has 1 fully saturated rings. The summed E-state index contributed by atoms with van der Waals surface area (Å²) < 4.78 is 17.2. The minimum atomic E-state index is -0.781. The Morgan fingerprint density at radius 1 is 1.07 bits per heavy atom. The summed E-state index contributed by atoms with van der Waals surface area (Å²) >= 11 is 0. The second kappa shape index (κ2) is 10.9. The minimum absolute atomic E-state index is 0.124. The lowest BCUT2D eigenvalue weighted by atomic mass is 9.92. The summed E-state index contributed by atoms with van der Waals surface area (Å²) in [6, 6.07) is -0.781. The second-order valence-corrected chi connectivity index (χ2v) is 8.59. The summed E-state index contributed by atoms with van der Waals surface area (Å²) in [5.41, 5.74) is -0.614. The summed E-state index contributed by atoms with van der Waals surface area (Å²) in [5.74, 6) is -0.137. The number of rotatable bonds is 9. The molecule has 158 valence electrons. The Bertz CT molecular complexity index is 464. The lowest BCUT2D eigenvalue weighted by Crippen LogP contribution is -2.46. The zero-order valence-corrected chi connectivity index (χ0v) is 18.2. The number of hydrogen-bond donors (Lipinski definition) is 1. The van der Waals surface area contributed by atoms with Crippen LogP contribution in [0.25, 0.3) is 0 Å². The van der Waals surface area contributed by atoms with E-state index in [4.69, 9.17) is 14.2 Å². The fourth-order valence-electron chi connectivity index (χ4n) is 3.50. The van der Waals surface area contributed by atoms with Gasteiger partial charge in [-0.1, -0.05) is 39.5 Å². The largest absolute Gasteiger partial charge is 0.458 e. The van der Waals surface area contributed by atoms with Gasteiger partial charge in [-0.25, -0.2) is 9.59 Å². The van der Waals surface area contributed by atoms with Gasteiger partial charge >= 0.3 is 12.1 Å². The summed E-state index contributed by atoms with van der Waals surface area (Å²) in [6.45, 7) is 13.1. The molecule has 1 aliphatic rings. The molecular formula is C21H39NO5. The molecule has 1 saturated carbocycles. The molecule has 6 nitrogen and oxygen atoms in total. The van der Waals surface area contributed by atoms with E-state index >= 15 is 0 Å². The number of esters is 1. The van der Waals surface area contributed by atoms with Gasteiger partial charge in [-0.15, -0.1) is 0 Å². The summed E-state index contributed by atoms with van der Waals surface area (Å²) in [5, 5.41) is 2.53. The molecule has 1 amide bonds. The lowest BCUT2D eigenvalue weighted by Gasteiger charge is -2.33. The van der Waals surface area contributed by atoms with Crippen LogP contribution in [0.1, 0.15) is 87.0 Å². The van der Waals surface area contributed by atoms with E-state index in [1.54, 1.807) is 27.7 Å². The quantitative estimate of drug-likeness (QED) is 0.587. The van der Waals surface area contributed by atoms with Gasteiger partial charge in [0.15, 0.2) is 0 Å². The van der Waals surface area contributed by atoms with E-state index in [2.05, 4.69) is 19.2 Å². The first-order chi connectivity index (χ1) is 12.6. The maximum atomic E-state index is 12.4. The molecule has 0 spiro atoms. The molecule has 27 heavy (non-hydrogen) atoms. The van der Waals surface area contributed by atoms with E-state index in [-0.39, 0.29) is 18.3 Å². The number of ether oxygens (including phenoxy) is 3. The number of nitrogens with one attached hydrogen (secondary N) is 1. The van der Waals surface area contributed by atoms with Crippen LogP contribution < -0.4 is 5.32 Å². The van der Waals surface area contributed by atoms with Crippen LogP contribution in [0.2, 0.25) is 0 Å². The zero-order valence-electron chi connectivity index (χ0n) is 18.2. The van der Waals surface area contributed by atoms with Gasteiger partial charge in [-0.05, 0) is 53.4 Å². The molecule has 6 heteroatoms. The van der Waals surface area contributed by atoms with E-state index in [0.29, 0.717) is 5.92 Å². The van der Waals surface area contributed by atoms with Gasteiger partial charge in [0, 0.05) is 0 Å². The first kappa shape index (κ1) is 23.7. The minimum Gasteiger partial charge on any atom is -0.458 e. The van der Waals surface area contributed by atoms with Crippen LogP contribution in [-0.2, 0) is 19.0 Å². The van der Waals surface area contributed by atoms with Crippen molar-refractivity contribution in [3.05, 3.63) is 0 Å². The average Bonchev–Trinajstić information content (AvgIpc) is 3.06. The summed E-state index contributed by atoms with van der Waals surface area (Å²) in [4.78, 5) is 24.3. The van der Waals surface area contributed by atoms with Crippen LogP contribution >= 0.6 is 0 Å². The molecule has 0 radical (unpaired) electrons. The van der Waals surface area contributed by atoms with E-state index in [9.17, 15) is 9.59 Å². The predicted octanol–water partition coefficient (Wildman–Crippen LogP) is 4.60. The van der Waals surface area contributed by atoms with E-state index in [1.807, 2.05) is 6.92 Å². The molecule has 1 N–H and O–H groups in total. The van der Waals surface area contributed by atoms with Crippen molar-refractivity contribution in [2.75, 3.05) is 0 Å². The Balaban J connectivity index is 2.64. The highest BCUT2D eigenvalue weighted by molar-refractivity contribution is 5.81. The van der Waals surface area contributed by atoms with Gasteiger partial charge in [-0.3, -0.25) is 0 Å². The molecule has 1 rings (SSSR count). The van der Waals surface area contributed by atoms with Gasteiger partial charge in [-0.2, -0.15) is 0 Å². The molecule has 0 bridgehead atoms. The van der Waals surface area contributed by atoms with Crippen molar-refractivity contribution in [3.8, 4) is 0 Å². The molecule has 0 aliphatic heterocycles. The van der Waals surface area contributed by atoms with Crippen LogP contribution in [0.5, 0.6) is 0 Å². The maximum Gasteiger partial charge on any atom is 0.408 e. The average molecular weight is 386 g/mol. The molecule has 0 aromatic rings. The van der Waals surface area contributed by atoms with Gasteiger partial charge < -0.3 is 19.5 Å². The molecule has 1 aliphatic carbocycles. The Morgan fingerprint density at radius 3 is 2.11 bits per heavy atom. The molecule has 0 unspecified atom stereocenters. The van der Waals surface area contributed by atoms with Crippen LogP contribution in [0, 0.1) is 5.92 Å². The first-order valence-electron chi connectivity index (χ1n) is 10.4. The number of carbonyl (C=O) groups is 2. The third-order valence-corrected chi connectivity index (χ3v) is 5.02. The first-order valence-corrected chi connectivity index (χ1v) is 10.4. The molecule has 0 heterocycles. The van der Waals surface area contributed by atoms with Crippen molar-refractivity contribution in [2.24, 2.45) is 5.92 Å². The Kier molecular flexibility index (Phi) is 9.57. The monoisotopic (exact) mass is 385 g/mol. The summed E-state index contributed by atoms with van der Waals surface area (Å²) in [6.07, 6.45) is 5.64. The number of carbonyl (C=O) groups excluding carboxylic acids is 2. The standard InChI is InChI=1S/C21H39NO5/c1-8-16(9-2)18(26-17-12-10-11-13-17)15(4)25-19(23)14(3)22-20(24)27-21(5,6)7/h14-18H,8-13H2,1-7H3,(H,22,24)/t14-,15-,18-/m0/s1. The number of amides is 1. The highest BCUT2D eigenvalue weighted by atomic mass is 16.6. The highest BCUT2D eigenvalue weighted by Gasteiger charge is 2.33. The zero-order chi connectivity index (χ0) is 20.6. The number of hydrogen-bond acceptors (Lipinski definition) is 5.